The highest BCUT2D eigenvalue weighted by Gasteiger charge is 2.39. The zero-order valence-corrected chi connectivity index (χ0v) is 17.9. The third kappa shape index (κ3) is 3.59. The van der Waals surface area contributed by atoms with Gasteiger partial charge in [-0.3, -0.25) is 9.47 Å². The molecule has 3 aromatic rings. The summed E-state index contributed by atoms with van der Waals surface area (Å²) in [5.41, 5.74) is 2.93. The molecule has 1 amide bonds. The Bertz CT molecular complexity index is 1270. The van der Waals surface area contributed by atoms with Crippen molar-refractivity contribution in [3.63, 3.8) is 0 Å². The van der Waals surface area contributed by atoms with Gasteiger partial charge < -0.3 is 14.8 Å². The van der Waals surface area contributed by atoms with E-state index in [0.717, 1.165) is 17.1 Å². The standard InChI is InChI=1S/C22H20FN7O3/c1-12(23)16-9-33-22(31)30(16)19-5-6-25-21(28-19)27-13(2)20-17-10-32-18-7-14(8-24)3-4-15(18)29(17)11-26-20/h3-7,11-13,16H,9-10H2,1-2H3,(H,25,27,28)/t12-,13-,16+/m0/s1. The zero-order valence-electron chi connectivity index (χ0n) is 17.9. The molecule has 4 heterocycles. The fourth-order valence-corrected chi connectivity index (χ4v) is 4.00. The molecular weight excluding hydrogens is 429 g/mol. The number of anilines is 2. The molecule has 0 spiro atoms. The summed E-state index contributed by atoms with van der Waals surface area (Å²) in [5, 5.41) is 12.3. The molecule has 11 heteroatoms. The van der Waals surface area contributed by atoms with Crippen LogP contribution in [-0.4, -0.2) is 44.4 Å². The van der Waals surface area contributed by atoms with Gasteiger partial charge in [-0.05, 0) is 32.0 Å². The Morgan fingerprint density at radius 1 is 1.27 bits per heavy atom. The van der Waals surface area contributed by atoms with Gasteiger partial charge in [-0.15, -0.1) is 0 Å². The summed E-state index contributed by atoms with van der Waals surface area (Å²) < 4.78 is 26.7. The van der Waals surface area contributed by atoms with Gasteiger partial charge in [-0.2, -0.15) is 10.2 Å². The van der Waals surface area contributed by atoms with Crippen molar-refractivity contribution in [3.8, 4) is 17.5 Å². The lowest BCUT2D eigenvalue weighted by atomic mass is 10.1. The van der Waals surface area contributed by atoms with Crippen LogP contribution >= 0.6 is 0 Å². The van der Waals surface area contributed by atoms with E-state index in [1.165, 1.54) is 24.1 Å². The van der Waals surface area contributed by atoms with Crippen LogP contribution in [0.15, 0.2) is 36.8 Å². The van der Waals surface area contributed by atoms with E-state index in [4.69, 9.17) is 14.7 Å². The van der Waals surface area contributed by atoms with Crippen molar-refractivity contribution in [1.29, 1.82) is 5.26 Å². The summed E-state index contributed by atoms with van der Waals surface area (Å²) in [6.45, 7) is 3.55. The molecule has 3 atom stereocenters. The van der Waals surface area contributed by atoms with Gasteiger partial charge in [-0.1, -0.05) is 0 Å². The fourth-order valence-electron chi connectivity index (χ4n) is 4.00. The molecule has 0 bridgehead atoms. The summed E-state index contributed by atoms with van der Waals surface area (Å²) in [5.74, 6) is 1.15. The van der Waals surface area contributed by atoms with Gasteiger partial charge in [0.25, 0.3) is 0 Å². The number of hydrogen-bond acceptors (Lipinski definition) is 8. The second kappa shape index (κ2) is 8.05. The molecule has 168 valence electrons. The number of carbonyl (C=O) groups excluding carboxylic acids is 1. The molecule has 33 heavy (non-hydrogen) atoms. The Balaban J connectivity index is 1.39. The number of carbonyl (C=O) groups is 1. The minimum absolute atomic E-state index is 0.0300. The lowest BCUT2D eigenvalue weighted by Crippen LogP contribution is -2.39. The average molecular weight is 449 g/mol. The van der Waals surface area contributed by atoms with Gasteiger partial charge >= 0.3 is 6.09 Å². The van der Waals surface area contributed by atoms with Gasteiger partial charge in [0.15, 0.2) is 0 Å². The number of imidazole rings is 1. The van der Waals surface area contributed by atoms with Crippen molar-refractivity contribution in [2.75, 3.05) is 16.8 Å². The van der Waals surface area contributed by atoms with Crippen molar-refractivity contribution in [3.05, 3.63) is 53.7 Å². The van der Waals surface area contributed by atoms with E-state index in [-0.39, 0.29) is 24.4 Å². The van der Waals surface area contributed by atoms with Crippen LogP contribution in [0, 0.1) is 11.3 Å². The molecule has 1 N–H and O–H groups in total. The monoisotopic (exact) mass is 449 g/mol. The second-order valence-corrected chi connectivity index (χ2v) is 7.83. The smallest absolute Gasteiger partial charge is 0.416 e. The molecule has 0 saturated carbocycles. The summed E-state index contributed by atoms with van der Waals surface area (Å²) in [7, 11) is 0. The van der Waals surface area contributed by atoms with Crippen LogP contribution in [-0.2, 0) is 11.3 Å². The first kappa shape index (κ1) is 20.7. The van der Waals surface area contributed by atoms with Crippen LogP contribution in [0.1, 0.15) is 36.8 Å². The maximum atomic E-state index is 13.9. The van der Waals surface area contributed by atoms with Crippen molar-refractivity contribution in [1.82, 2.24) is 19.5 Å². The molecule has 1 aromatic carbocycles. The van der Waals surface area contributed by atoms with Gasteiger partial charge in [0.05, 0.1) is 34.7 Å². The summed E-state index contributed by atoms with van der Waals surface area (Å²) in [6.07, 6.45) is 1.30. The van der Waals surface area contributed by atoms with E-state index in [1.54, 1.807) is 18.5 Å². The highest BCUT2D eigenvalue weighted by Crippen LogP contribution is 2.34. The Morgan fingerprint density at radius 3 is 2.91 bits per heavy atom. The molecule has 0 radical (unpaired) electrons. The molecule has 2 aromatic heterocycles. The molecule has 1 fully saturated rings. The Hall–Kier alpha value is -4.20. The second-order valence-electron chi connectivity index (χ2n) is 7.83. The van der Waals surface area contributed by atoms with Crippen LogP contribution in [0.3, 0.4) is 0 Å². The average Bonchev–Trinajstić information content (AvgIpc) is 3.42. The van der Waals surface area contributed by atoms with Crippen LogP contribution in [0.5, 0.6) is 5.75 Å². The van der Waals surface area contributed by atoms with Gasteiger partial charge in [0, 0.05) is 12.3 Å². The quantitative estimate of drug-likeness (QED) is 0.630. The Morgan fingerprint density at radius 2 is 2.12 bits per heavy atom. The predicted octanol–water partition coefficient (Wildman–Crippen LogP) is 3.28. The molecule has 0 unspecified atom stereocenters. The van der Waals surface area contributed by atoms with E-state index in [2.05, 4.69) is 26.3 Å². The maximum absolute atomic E-state index is 13.9. The van der Waals surface area contributed by atoms with E-state index in [9.17, 15) is 9.18 Å². The number of nitrogens with one attached hydrogen (secondary N) is 1. The van der Waals surface area contributed by atoms with Crippen LogP contribution in [0.4, 0.5) is 21.0 Å². The number of aromatic nitrogens is 4. The molecule has 0 aliphatic carbocycles. The number of alkyl halides is 1. The third-order valence-electron chi connectivity index (χ3n) is 5.69. The molecular formula is C22H20FN7O3. The van der Waals surface area contributed by atoms with E-state index < -0.39 is 18.3 Å². The predicted molar refractivity (Wildman–Crippen MR) is 115 cm³/mol. The number of nitrogens with zero attached hydrogens (tertiary/aromatic N) is 6. The topological polar surface area (TPSA) is 118 Å². The number of rotatable bonds is 5. The number of benzene rings is 1. The Kier molecular flexibility index (Phi) is 5.05. The SMILES string of the molecule is C[C@H](Nc1nccc(N2C(=O)OC[C@@H]2[C@H](C)F)n1)c1ncn2c1COc1cc(C#N)ccc1-2. The highest BCUT2D eigenvalue weighted by atomic mass is 19.1. The number of halogens is 1. The Labute approximate surface area is 188 Å². The van der Waals surface area contributed by atoms with Crippen molar-refractivity contribution in [2.24, 2.45) is 0 Å². The van der Waals surface area contributed by atoms with Crippen LogP contribution in [0.2, 0.25) is 0 Å². The normalized spacial score (nSPS) is 18.4. The number of amides is 1. The third-order valence-corrected chi connectivity index (χ3v) is 5.69. The van der Waals surface area contributed by atoms with Gasteiger partial charge in [-0.25, -0.2) is 19.2 Å². The maximum Gasteiger partial charge on any atom is 0.416 e. The minimum atomic E-state index is -1.27. The van der Waals surface area contributed by atoms with Crippen molar-refractivity contribution >= 4 is 17.9 Å². The largest absolute Gasteiger partial charge is 0.485 e. The first-order chi connectivity index (χ1) is 16.0. The van der Waals surface area contributed by atoms with Gasteiger partial charge in [0.1, 0.15) is 43.3 Å². The van der Waals surface area contributed by atoms with Gasteiger partial charge in [0.2, 0.25) is 5.95 Å². The molecule has 10 nitrogen and oxygen atoms in total. The summed E-state index contributed by atoms with van der Waals surface area (Å²) in [6, 6.07) is 7.87. The number of ether oxygens (including phenoxy) is 2. The first-order valence-corrected chi connectivity index (χ1v) is 10.4. The molecule has 2 aliphatic heterocycles. The van der Waals surface area contributed by atoms with Crippen LogP contribution in [0.25, 0.3) is 5.69 Å². The van der Waals surface area contributed by atoms with E-state index in [1.807, 2.05) is 17.6 Å². The highest BCUT2D eigenvalue weighted by molar-refractivity contribution is 5.89. The molecule has 2 aliphatic rings. The molecule has 5 rings (SSSR count). The zero-order chi connectivity index (χ0) is 23.1. The fraction of sp³-hybridized carbons (Fsp3) is 0.318. The number of hydrogen-bond donors (Lipinski definition) is 1. The lowest BCUT2D eigenvalue weighted by molar-refractivity contribution is 0.174. The minimum Gasteiger partial charge on any atom is -0.485 e. The number of nitriles is 1. The van der Waals surface area contributed by atoms with E-state index in [0.29, 0.717) is 17.9 Å². The number of cyclic esters (lactones) is 1. The van der Waals surface area contributed by atoms with Crippen molar-refractivity contribution < 1.29 is 18.7 Å². The van der Waals surface area contributed by atoms with E-state index >= 15 is 0 Å². The van der Waals surface area contributed by atoms with Crippen molar-refractivity contribution in [2.45, 2.75) is 38.7 Å². The van der Waals surface area contributed by atoms with Crippen LogP contribution < -0.4 is 15.0 Å². The first-order valence-electron chi connectivity index (χ1n) is 10.4. The lowest BCUT2D eigenvalue weighted by Gasteiger charge is -2.23. The summed E-state index contributed by atoms with van der Waals surface area (Å²) in [4.78, 5) is 26.5. The molecule has 1 saturated heterocycles. The summed E-state index contributed by atoms with van der Waals surface area (Å²) >= 11 is 0. The number of fused-ring (bicyclic) bond motifs is 3.